The first-order valence-electron chi connectivity index (χ1n) is 24.1. The molecule has 7 aliphatic rings. The Kier molecular flexibility index (Phi) is 8.33. The fourth-order valence-corrected chi connectivity index (χ4v) is 11.5. The summed E-state index contributed by atoms with van der Waals surface area (Å²) in [6, 6.07) is 55.9. The van der Waals surface area contributed by atoms with E-state index in [0.717, 1.165) is 135 Å². The molecule has 0 amide bonds. The van der Waals surface area contributed by atoms with Crippen LogP contribution in [0.25, 0.3) is 96.3 Å². The molecule has 0 saturated carbocycles. The van der Waals surface area contributed by atoms with Crippen LogP contribution in [0.2, 0.25) is 0 Å². The molecule has 0 saturated heterocycles. The molecular formula is C63H41N7. The van der Waals surface area contributed by atoms with E-state index in [2.05, 4.69) is 205 Å². The normalized spacial score (nSPS) is 18.6. The van der Waals surface area contributed by atoms with Crippen LogP contribution in [0.1, 0.15) is 40.6 Å². The number of hydrogen-bond donors (Lipinski definition) is 2. The van der Waals surface area contributed by atoms with Crippen LogP contribution in [0.3, 0.4) is 0 Å². The van der Waals surface area contributed by atoms with Gasteiger partial charge in [0.1, 0.15) is 0 Å². The number of pyridine rings is 4. The third kappa shape index (κ3) is 6.04. The van der Waals surface area contributed by atoms with E-state index in [1.807, 2.05) is 6.07 Å². The maximum atomic E-state index is 5.56. The molecule has 0 spiro atoms. The van der Waals surface area contributed by atoms with Gasteiger partial charge in [0.15, 0.2) is 0 Å². The van der Waals surface area contributed by atoms with Crippen LogP contribution in [0.4, 0.5) is 0 Å². The predicted octanol–water partition coefficient (Wildman–Crippen LogP) is 12.1. The zero-order valence-electron chi connectivity index (χ0n) is 38.1. The summed E-state index contributed by atoms with van der Waals surface area (Å²) in [5.41, 5.74) is 24.8. The summed E-state index contributed by atoms with van der Waals surface area (Å²) in [7, 11) is 0. The number of H-pyrrole nitrogens is 1. The largest absolute Gasteiger partial charge is 0.373 e. The fourth-order valence-electron chi connectivity index (χ4n) is 11.5. The highest BCUT2D eigenvalue weighted by Gasteiger charge is 2.32. The van der Waals surface area contributed by atoms with Crippen molar-refractivity contribution >= 4 is 39.8 Å². The molecule has 70 heavy (non-hydrogen) atoms. The Labute approximate surface area is 403 Å². The minimum Gasteiger partial charge on any atom is -0.373 e. The van der Waals surface area contributed by atoms with Crippen LogP contribution in [0, 0.1) is 5.92 Å². The lowest BCUT2D eigenvalue weighted by Crippen LogP contribution is -2.27. The molecule has 5 aliphatic heterocycles. The van der Waals surface area contributed by atoms with Crippen LogP contribution in [-0.2, 0) is 6.42 Å². The average molecular weight is 896 g/mol. The molecule has 16 rings (SSSR count). The van der Waals surface area contributed by atoms with Crippen molar-refractivity contribution in [3.63, 3.8) is 0 Å². The second kappa shape index (κ2) is 15.0. The second-order valence-electron chi connectivity index (χ2n) is 19.0. The summed E-state index contributed by atoms with van der Waals surface area (Å²) in [4.78, 5) is 30.4. The molecule has 0 fully saturated rings. The van der Waals surface area contributed by atoms with Gasteiger partial charge in [-0.3, -0.25) is 0 Å². The lowest BCUT2D eigenvalue weighted by Gasteiger charge is -2.28. The second-order valence-corrected chi connectivity index (χ2v) is 19.0. The number of hydrogen-bond acceptors (Lipinski definition) is 6. The summed E-state index contributed by atoms with van der Waals surface area (Å²) < 4.78 is 0. The summed E-state index contributed by atoms with van der Waals surface area (Å²) in [5, 5.41) is 7.13. The number of rotatable bonds is 2. The summed E-state index contributed by atoms with van der Waals surface area (Å²) in [6.07, 6.45) is 14.4. The van der Waals surface area contributed by atoms with E-state index in [4.69, 9.17) is 24.9 Å². The Morgan fingerprint density at radius 2 is 1.13 bits per heavy atom. The van der Waals surface area contributed by atoms with Crippen molar-refractivity contribution < 1.29 is 0 Å². The topological polar surface area (TPSA) is 91.7 Å². The van der Waals surface area contributed by atoms with E-state index in [9.17, 15) is 0 Å². The zero-order chi connectivity index (χ0) is 46.0. The Balaban J connectivity index is 0.939. The van der Waals surface area contributed by atoms with Crippen molar-refractivity contribution in [3.05, 3.63) is 249 Å². The first-order chi connectivity index (χ1) is 34.5. The lowest BCUT2D eigenvalue weighted by atomic mass is 9.77. The maximum Gasteiger partial charge on any atom is 0.0893 e. The Bertz CT molecular complexity index is 4140. The van der Waals surface area contributed by atoms with E-state index < -0.39 is 0 Å². The van der Waals surface area contributed by atoms with Crippen LogP contribution >= 0.6 is 0 Å². The van der Waals surface area contributed by atoms with Gasteiger partial charge in [0.25, 0.3) is 0 Å². The molecule has 7 heteroatoms. The zero-order valence-corrected chi connectivity index (χ0v) is 38.1. The van der Waals surface area contributed by atoms with Gasteiger partial charge in [0.2, 0.25) is 0 Å². The average Bonchev–Trinajstić information content (AvgIpc) is 4.16. The molecule has 2 unspecified atom stereocenters. The quantitative estimate of drug-likeness (QED) is 0.180. The summed E-state index contributed by atoms with van der Waals surface area (Å²) >= 11 is 0. The highest BCUT2D eigenvalue weighted by Crippen LogP contribution is 2.44. The van der Waals surface area contributed by atoms with Gasteiger partial charge >= 0.3 is 0 Å². The molecule has 328 valence electrons. The van der Waals surface area contributed by atoms with Crippen LogP contribution < -0.4 is 15.9 Å². The highest BCUT2D eigenvalue weighted by molar-refractivity contribution is 5.99. The molecule has 2 atom stereocenters. The summed E-state index contributed by atoms with van der Waals surface area (Å²) in [6.45, 7) is 2.36. The van der Waals surface area contributed by atoms with E-state index in [0.29, 0.717) is 0 Å². The third-order valence-electron chi connectivity index (χ3n) is 14.8. The standard InChI is InChI=1S/C63H41N7/c1-35-30-47-38-10-2-14-42(47)48-18-6-22-52(64-48)53-23-7-19-49(65-53)43-15-3-11-39-32-56(68-61(39)43)59(46(35)31-38)36-26-28-37(29-27-36)60-57-33-40-12-4-16-44(62(40)69-57)50-20-8-24-54(66-50)55-25-9-21-51(67-55)45-17-5-13-41-34-58(60)70-63(41)45/h2-29,31-35,62,69-70H,30H2,1H3/b59-56?,60-57-. The van der Waals surface area contributed by atoms with Crippen LogP contribution in [0.15, 0.2) is 210 Å². The Hall–Kier alpha value is -9.07. The Morgan fingerprint density at radius 1 is 0.529 bits per heavy atom. The van der Waals surface area contributed by atoms with Crippen LogP contribution in [0.5, 0.6) is 0 Å². The van der Waals surface area contributed by atoms with Gasteiger partial charge in [0.05, 0.1) is 68.2 Å². The Morgan fingerprint density at radius 3 is 1.89 bits per heavy atom. The monoisotopic (exact) mass is 895 g/mol. The van der Waals surface area contributed by atoms with Gasteiger partial charge in [-0.1, -0.05) is 134 Å². The molecule has 0 radical (unpaired) electrons. The molecule has 18 bridgehead atoms. The van der Waals surface area contributed by atoms with Crippen molar-refractivity contribution in [3.8, 4) is 56.5 Å². The number of allylic oxidation sites excluding steroid dienone is 6. The smallest absolute Gasteiger partial charge is 0.0893 e. The number of fused-ring (bicyclic) bond motifs is 10. The molecule has 7 nitrogen and oxygen atoms in total. The van der Waals surface area contributed by atoms with Gasteiger partial charge in [0, 0.05) is 55.4 Å². The minimum absolute atomic E-state index is 0.0710. The molecular weight excluding hydrogens is 855 g/mol. The van der Waals surface area contributed by atoms with E-state index in [1.54, 1.807) is 0 Å². The van der Waals surface area contributed by atoms with Gasteiger partial charge in [-0.25, -0.2) is 24.9 Å². The number of nitrogens with zero attached hydrogens (tertiary/aromatic N) is 5. The minimum atomic E-state index is -0.0710. The fraction of sp³-hybridized carbons (Fsp3) is 0.0635. The number of nitrogens with one attached hydrogen (secondary N) is 2. The number of aromatic nitrogens is 5. The van der Waals surface area contributed by atoms with Gasteiger partial charge in [-0.2, -0.15) is 0 Å². The highest BCUT2D eigenvalue weighted by atomic mass is 15.0. The van der Waals surface area contributed by atoms with Gasteiger partial charge < -0.3 is 10.3 Å². The van der Waals surface area contributed by atoms with Crippen molar-refractivity contribution in [2.45, 2.75) is 19.4 Å². The maximum absolute atomic E-state index is 5.56. The van der Waals surface area contributed by atoms with E-state index in [-0.39, 0.29) is 12.0 Å². The molecule has 10 heterocycles. The lowest BCUT2D eigenvalue weighted by molar-refractivity contribution is 0.692. The number of para-hydroxylation sites is 2. The molecule has 2 N–H and O–H groups in total. The molecule has 4 aromatic carbocycles. The first kappa shape index (κ1) is 39.0. The van der Waals surface area contributed by atoms with Crippen LogP contribution in [-0.4, -0.2) is 31.0 Å². The van der Waals surface area contributed by atoms with Crippen molar-refractivity contribution in [2.75, 3.05) is 0 Å². The van der Waals surface area contributed by atoms with Gasteiger partial charge in [-0.05, 0) is 112 Å². The summed E-state index contributed by atoms with van der Waals surface area (Å²) in [5.74, 6) is 0.195. The third-order valence-corrected chi connectivity index (χ3v) is 14.8. The number of aromatic amines is 1. The van der Waals surface area contributed by atoms with Gasteiger partial charge in [-0.15, -0.1) is 0 Å². The first-order valence-corrected chi connectivity index (χ1v) is 24.1. The molecule has 2 aliphatic carbocycles. The molecule has 5 aromatic heterocycles. The van der Waals surface area contributed by atoms with Crippen molar-refractivity contribution in [1.29, 1.82) is 0 Å². The number of benzene rings is 4. The van der Waals surface area contributed by atoms with E-state index >= 15 is 0 Å². The molecule has 9 aromatic rings. The van der Waals surface area contributed by atoms with E-state index in [1.165, 1.54) is 22.3 Å². The van der Waals surface area contributed by atoms with Crippen molar-refractivity contribution in [2.24, 2.45) is 10.9 Å². The predicted molar refractivity (Wildman–Crippen MR) is 281 cm³/mol. The van der Waals surface area contributed by atoms with Crippen molar-refractivity contribution in [1.82, 2.24) is 30.2 Å². The SMILES string of the molecule is CC1Cc2c3cccc2-c2cccc(n2)-c2cccc(n2)-c2cccc4c2=NC(=C(c2ccc(/C5=C6\C=C7C=CC=C(c8cccc(n8)-c8cccc(n8)-c8cccc9cc5[nH]c89)C7N6)cc2)C1=C3)C=4.